The number of methoxy groups -OCH3 is 1. The van der Waals surface area contributed by atoms with Crippen LogP contribution in [0.15, 0.2) is 30.3 Å². The number of nitrogens with one attached hydrogen (secondary N) is 1. The summed E-state index contributed by atoms with van der Waals surface area (Å²) in [6.07, 6.45) is -0.982. The van der Waals surface area contributed by atoms with Crippen LogP contribution in [-0.4, -0.2) is 32.5 Å². The van der Waals surface area contributed by atoms with Crippen molar-refractivity contribution in [3.8, 4) is 5.75 Å². The lowest BCUT2D eigenvalue weighted by Gasteiger charge is -2.08. The van der Waals surface area contributed by atoms with E-state index in [1.807, 2.05) is 0 Å². The Kier molecular flexibility index (Phi) is 4.57. The van der Waals surface area contributed by atoms with Crippen molar-refractivity contribution < 1.29 is 23.2 Å². The van der Waals surface area contributed by atoms with E-state index in [4.69, 9.17) is 4.74 Å². The van der Waals surface area contributed by atoms with Gasteiger partial charge in [-0.1, -0.05) is 0 Å². The first-order valence-corrected chi connectivity index (χ1v) is 8.70. The van der Waals surface area contributed by atoms with Crippen LogP contribution in [-0.2, 0) is 0 Å². The average Bonchev–Trinajstić information content (AvgIpc) is 3.45. The maximum Gasteiger partial charge on any atom is 0.280 e. The van der Waals surface area contributed by atoms with Crippen LogP contribution >= 0.6 is 0 Å². The topological polar surface area (TPSA) is 112 Å². The minimum atomic E-state index is -2.77. The van der Waals surface area contributed by atoms with E-state index in [2.05, 4.69) is 15.4 Å². The number of hydrogen-bond donors (Lipinski definition) is 1. The Morgan fingerprint density at radius 2 is 2.10 bits per heavy atom. The van der Waals surface area contributed by atoms with E-state index in [-0.39, 0.29) is 40.1 Å². The Morgan fingerprint density at radius 3 is 2.72 bits per heavy atom. The zero-order valence-corrected chi connectivity index (χ0v) is 15.1. The maximum atomic E-state index is 13.5. The fourth-order valence-electron chi connectivity index (χ4n) is 2.96. The molecule has 1 aromatic carbocycles. The average molecular weight is 403 g/mol. The summed E-state index contributed by atoms with van der Waals surface area (Å²) >= 11 is 0. The van der Waals surface area contributed by atoms with E-state index >= 15 is 0 Å². The summed E-state index contributed by atoms with van der Waals surface area (Å²) in [7, 11) is 1.30. The summed E-state index contributed by atoms with van der Waals surface area (Å²) in [5.41, 5.74) is 0.255. The summed E-state index contributed by atoms with van der Waals surface area (Å²) in [5, 5.41) is 17.4. The number of fused-ring (bicyclic) bond motifs is 1. The molecule has 2 aromatic heterocycles. The van der Waals surface area contributed by atoms with E-state index in [0.717, 1.165) is 23.4 Å². The van der Waals surface area contributed by atoms with Gasteiger partial charge in [-0.25, -0.2) is 18.3 Å². The Balaban J connectivity index is 1.67. The fraction of sp³-hybridized carbons (Fsp3) is 0.278. The number of carbonyl (C=O) groups is 1. The van der Waals surface area contributed by atoms with Gasteiger partial charge in [0.05, 0.1) is 23.8 Å². The number of halogens is 2. The van der Waals surface area contributed by atoms with Crippen molar-refractivity contribution in [2.75, 3.05) is 12.4 Å². The van der Waals surface area contributed by atoms with Crippen LogP contribution in [0.5, 0.6) is 5.75 Å². The summed E-state index contributed by atoms with van der Waals surface area (Å²) in [6.45, 7) is 0. The summed E-state index contributed by atoms with van der Waals surface area (Å²) in [4.78, 5) is 27.2. The largest absolute Gasteiger partial charge is 0.494 e. The summed E-state index contributed by atoms with van der Waals surface area (Å²) in [6, 6.07) is 6.34. The molecule has 1 aliphatic rings. The van der Waals surface area contributed by atoms with Crippen LogP contribution in [0.4, 0.5) is 20.2 Å². The van der Waals surface area contributed by atoms with Gasteiger partial charge in [-0.05, 0) is 25.0 Å². The summed E-state index contributed by atoms with van der Waals surface area (Å²) < 4.78 is 33.0. The maximum absolute atomic E-state index is 13.5. The number of hydrogen-bond acceptors (Lipinski definition) is 6. The van der Waals surface area contributed by atoms with Gasteiger partial charge in [0.1, 0.15) is 11.4 Å². The minimum Gasteiger partial charge on any atom is -0.494 e. The number of nitrogens with zero attached hydrogens (tertiary/aromatic N) is 4. The predicted octanol–water partition coefficient (Wildman–Crippen LogP) is 3.71. The van der Waals surface area contributed by atoms with Crippen molar-refractivity contribution in [2.24, 2.45) is 0 Å². The molecule has 1 amide bonds. The fourth-order valence-corrected chi connectivity index (χ4v) is 2.96. The summed E-state index contributed by atoms with van der Waals surface area (Å²) in [5.74, 6) is -0.441. The van der Waals surface area contributed by atoms with Crippen LogP contribution < -0.4 is 10.1 Å². The molecule has 3 aromatic rings. The molecule has 1 saturated carbocycles. The van der Waals surface area contributed by atoms with Crippen molar-refractivity contribution in [3.05, 3.63) is 57.5 Å². The number of aromatic nitrogens is 3. The number of alkyl halides is 2. The molecule has 0 radical (unpaired) electrons. The number of rotatable bonds is 6. The highest BCUT2D eigenvalue weighted by Gasteiger charge is 2.28. The Labute approximate surface area is 162 Å². The number of non-ortho nitro benzene ring substituents is 1. The Bertz CT molecular complexity index is 1130. The van der Waals surface area contributed by atoms with Gasteiger partial charge in [-0.3, -0.25) is 14.9 Å². The molecule has 9 nitrogen and oxygen atoms in total. The number of benzene rings is 1. The molecule has 29 heavy (non-hydrogen) atoms. The first-order valence-electron chi connectivity index (χ1n) is 8.70. The van der Waals surface area contributed by atoms with Gasteiger partial charge in [0, 0.05) is 23.7 Å². The number of ether oxygens (including phenoxy) is 1. The van der Waals surface area contributed by atoms with Crippen LogP contribution in [0.2, 0.25) is 0 Å². The van der Waals surface area contributed by atoms with Gasteiger partial charge in [0.2, 0.25) is 0 Å². The lowest BCUT2D eigenvalue weighted by Crippen LogP contribution is -2.14. The van der Waals surface area contributed by atoms with E-state index in [1.54, 1.807) is 0 Å². The quantitative estimate of drug-likeness (QED) is 0.496. The molecule has 0 unspecified atom stereocenters. The molecular weight excluding hydrogens is 388 g/mol. The smallest absolute Gasteiger partial charge is 0.280 e. The second kappa shape index (κ2) is 7.08. The molecule has 1 aliphatic carbocycles. The van der Waals surface area contributed by atoms with E-state index in [0.29, 0.717) is 5.69 Å². The molecule has 0 spiro atoms. The lowest BCUT2D eigenvalue weighted by atomic mass is 10.2. The first kappa shape index (κ1) is 18.7. The molecule has 1 fully saturated rings. The number of carbonyl (C=O) groups excluding carboxylic acids is 1. The molecular formula is C18H15F2N5O4. The number of nitro groups is 1. The van der Waals surface area contributed by atoms with Gasteiger partial charge in [0.15, 0.2) is 11.3 Å². The molecule has 4 rings (SSSR count). The highest BCUT2D eigenvalue weighted by molar-refractivity contribution is 6.04. The zero-order chi connectivity index (χ0) is 20.7. The first-order chi connectivity index (χ1) is 13.9. The molecule has 11 heteroatoms. The highest BCUT2D eigenvalue weighted by Crippen LogP contribution is 2.40. The third-order valence-corrected chi connectivity index (χ3v) is 4.57. The highest BCUT2D eigenvalue weighted by atomic mass is 19.3. The Hall–Kier alpha value is -3.63. The molecule has 0 aliphatic heterocycles. The third-order valence-electron chi connectivity index (χ3n) is 4.57. The lowest BCUT2D eigenvalue weighted by molar-refractivity contribution is -0.384. The van der Waals surface area contributed by atoms with Crippen molar-refractivity contribution in [2.45, 2.75) is 25.2 Å². The molecule has 0 saturated heterocycles. The van der Waals surface area contributed by atoms with Crippen LogP contribution in [0.25, 0.3) is 5.65 Å². The molecule has 1 N–H and O–H groups in total. The van der Waals surface area contributed by atoms with Gasteiger partial charge in [-0.15, -0.1) is 0 Å². The van der Waals surface area contributed by atoms with Gasteiger partial charge >= 0.3 is 0 Å². The van der Waals surface area contributed by atoms with Gasteiger partial charge in [0.25, 0.3) is 18.0 Å². The van der Waals surface area contributed by atoms with Crippen molar-refractivity contribution in [1.82, 2.24) is 14.6 Å². The van der Waals surface area contributed by atoms with Crippen LogP contribution in [0.3, 0.4) is 0 Å². The molecule has 150 valence electrons. The van der Waals surface area contributed by atoms with E-state index in [9.17, 15) is 23.7 Å². The van der Waals surface area contributed by atoms with E-state index in [1.165, 1.54) is 31.4 Å². The van der Waals surface area contributed by atoms with E-state index < -0.39 is 17.3 Å². The molecule has 0 atom stereocenters. The van der Waals surface area contributed by atoms with Crippen molar-refractivity contribution in [1.29, 1.82) is 0 Å². The number of amides is 1. The third kappa shape index (κ3) is 3.58. The van der Waals surface area contributed by atoms with Crippen LogP contribution in [0.1, 0.15) is 47.1 Å². The number of nitro benzene ring substituents is 1. The monoisotopic (exact) mass is 403 g/mol. The Morgan fingerprint density at radius 1 is 1.34 bits per heavy atom. The second-order valence-electron chi connectivity index (χ2n) is 6.58. The van der Waals surface area contributed by atoms with Crippen molar-refractivity contribution in [3.63, 3.8) is 0 Å². The van der Waals surface area contributed by atoms with Gasteiger partial charge < -0.3 is 10.1 Å². The van der Waals surface area contributed by atoms with Crippen LogP contribution in [0, 0.1) is 10.1 Å². The van der Waals surface area contributed by atoms with Crippen molar-refractivity contribution >= 4 is 22.9 Å². The number of anilines is 1. The standard InChI is InChI=1S/C18H15F2N5O4/c1-29-15-6-10(25(27)28)4-5-11(15)22-18(26)13-8-16-21-12(9-2-3-9)7-14(17(19)20)24(16)23-13/h4-9,17H,2-3H2,1H3,(H,22,26). The molecule has 0 bridgehead atoms. The minimum absolute atomic E-state index is 0.0822. The zero-order valence-electron chi connectivity index (χ0n) is 15.1. The van der Waals surface area contributed by atoms with Gasteiger partial charge in [-0.2, -0.15) is 5.10 Å². The second-order valence-corrected chi connectivity index (χ2v) is 6.58. The normalized spacial score (nSPS) is 13.7. The SMILES string of the molecule is COc1cc([N+](=O)[O-])ccc1NC(=O)c1cc2nc(C3CC3)cc(C(F)F)n2n1. The molecule has 2 heterocycles. The predicted molar refractivity (Wildman–Crippen MR) is 97.5 cm³/mol.